The van der Waals surface area contributed by atoms with Crippen molar-refractivity contribution in [3.63, 3.8) is 0 Å². The van der Waals surface area contributed by atoms with Crippen molar-refractivity contribution >= 4 is 5.91 Å². The Labute approximate surface area is 111 Å². The minimum atomic E-state index is 0.124. The van der Waals surface area contributed by atoms with Gasteiger partial charge in [-0.1, -0.05) is 13.8 Å². The minimum Gasteiger partial charge on any atom is -0.355 e. The number of nitrogens with one attached hydrogen (secondary N) is 1. The Morgan fingerprint density at radius 2 is 2.17 bits per heavy atom. The van der Waals surface area contributed by atoms with Crippen LogP contribution in [0.2, 0.25) is 0 Å². The number of hydrogen-bond donors (Lipinski definition) is 2. The van der Waals surface area contributed by atoms with Gasteiger partial charge in [0.25, 0.3) is 0 Å². The van der Waals surface area contributed by atoms with Gasteiger partial charge >= 0.3 is 0 Å². The second kappa shape index (κ2) is 7.71. The average Bonchev–Trinajstić information content (AvgIpc) is 2.31. The predicted octanol–water partition coefficient (Wildman–Crippen LogP) is -0.277. The van der Waals surface area contributed by atoms with E-state index in [9.17, 15) is 4.79 Å². The molecule has 1 unspecified atom stereocenters. The van der Waals surface area contributed by atoms with Crippen LogP contribution in [0, 0.1) is 5.92 Å². The van der Waals surface area contributed by atoms with Crippen LogP contribution in [-0.2, 0) is 4.79 Å². The Balaban J connectivity index is 2.29. The van der Waals surface area contributed by atoms with E-state index in [4.69, 9.17) is 5.73 Å². The Kier molecular flexibility index (Phi) is 6.60. The molecule has 0 bridgehead atoms. The van der Waals surface area contributed by atoms with Crippen molar-refractivity contribution in [1.29, 1.82) is 0 Å². The van der Waals surface area contributed by atoms with Crippen LogP contribution in [-0.4, -0.2) is 68.1 Å². The second-order valence-electron chi connectivity index (χ2n) is 5.65. The third-order valence-corrected chi connectivity index (χ3v) is 3.47. The topological polar surface area (TPSA) is 61.6 Å². The lowest BCUT2D eigenvalue weighted by Crippen LogP contribution is -2.57. The van der Waals surface area contributed by atoms with E-state index >= 15 is 0 Å². The molecule has 18 heavy (non-hydrogen) atoms. The molecule has 106 valence electrons. The normalized spacial score (nSPS) is 22.4. The van der Waals surface area contributed by atoms with Crippen molar-refractivity contribution in [1.82, 2.24) is 15.1 Å². The Bertz CT molecular complexity index is 257. The fourth-order valence-electron chi connectivity index (χ4n) is 2.22. The molecule has 1 fully saturated rings. The lowest BCUT2D eigenvalue weighted by Gasteiger charge is -2.39. The van der Waals surface area contributed by atoms with E-state index in [1.807, 2.05) is 0 Å². The number of amides is 1. The molecule has 1 amide bonds. The summed E-state index contributed by atoms with van der Waals surface area (Å²) >= 11 is 0. The van der Waals surface area contributed by atoms with E-state index < -0.39 is 0 Å². The van der Waals surface area contributed by atoms with Crippen LogP contribution in [0.4, 0.5) is 0 Å². The molecule has 0 radical (unpaired) electrons. The summed E-state index contributed by atoms with van der Waals surface area (Å²) in [5.41, 5.74) is 5.77. The monoisotopic (exact) mass is 256 g/mol. The third-order valence-electron chi connectivity index (χ3n) is 3.47. The van der Waals surface area contributed by atoms with Crippen LogP contribution in [0.25, 0.3) is 0 Å². The fraction of sp³-hybridized carbons (Fsp3) is 0.923. The first kappa shape index (κ1) is 15.4. The summed E-state index contributed by atoms with van der Waals surface area (Å²) in [5, 5.41) is 2.98. The van der Waals surface area contributed by atoms with E-state index in [0.717, 1.165) is 32.6 Å². The standard InChI is InChI=1S/C13H28N4O/c1-11(2)4-5-15-13(18)10-17-7-6-16(3)9-12(17)8-14/h11-12H,4-10,14H2,1-3H3,(H,15,18). The maximum atomic E-state index is 11.8. The largest absolute Gasteiger partial charge is 0.355 e. The molecule has 0 spiro atoms. The first-order chi connectivity index (χ1) is 8.52. The molecular formula is C13H28N4O. The van der Waals surface area contributed by atoms with Gasteiger partial charge in [-0.2, -0.15) is 0 Å². The zero-order chi connectivity index (χ0) is 13.5. The van der Waals surface area contributed by atoms with Crippen LogP contribution < -0.4 is 11.1 Å². The van der Waals surface area contributed by atoms with Gasteiger partial charge in [0.15, 0.2) is 0 Å². The summed E-state index contributed by atoms with van der Waals surface area (Å²) in [6.45, 7) is 9.09. The Hall–Kier alpha value is -0.650. The van der Waals surface area contributed by atoms with Gasteiger partial charge in [-0.25, -0.2) is 0 Å². The molecule has 0 saturated carbocycles. The van der Waals surface area contributed by atoms with Gasteiger partial charge in [0.2, 0.25) is 5.91 Å². The lowest BCUT2D eigenvalue weighted by atomic mass is 10.1. The van der Waals surface area contributed by atoms with E-state index in [2.05, 4.69) is 36.0 Å². The lowest BCUT2D eigenvalue weighted by molar-refractivity contribution is -0.123. The van der Waals surface area contributed by atoms with Crippen LogP contribution in [0.5, 0.6) is 0 Å². The van der Waals surface area contributed by atoms with Crippen molar-refractivity contribution in [2.75, 3.05) is 46.3 Å². The number of nitrogens with zero attached hydrogens (tertiary/aromatic N) is 2. The number of nitrogens with two attached hydrogens (primary N) is 1. The first-order valence-corrected chi connectivity index (χ1v) is 6.92. The van der Waals surface area contributed by atoms with Gasteiger partial charge in [0.05, 0.1) is 6.54 Å². The quantitative estimate of drug-likeness (QED) is 0.686. The van der Waals surface area contributed by atoms with Crippen molar-refractivity contribution in [3.05, 3.63) is 0 Å². The van der Waals surface area contributed by atoms with Crippen LogP contribution in [0.15, 0.2) is 0 Å². The van der Waals surface area contributed by atoms with Gasteiger partial charge in [-0.15, -0.1) is 0 Å². The van der Waals surface area contributed by atoms with E-state index in [-0.39, 0.29) is 5.91 Å². The maximum absolute atomic E-state index is 11.8. The molecule has 0 aromatic carbocycles. The minimum absolute atomic E-state index is 0.124. The molecule has 0 aromatic heterocycles. The summed E-state index contributed by atoms with van der Waals surface area (Å²) in [6.07, 6.45) is 1.04. The van der Waals surface area contributed by atoms with Gasteiger partial charge in [0, 0.05) is 38.8 Å². The third kappa shape index (κ3) is 5.33. The molecule has 5 nitrogen and oxygen atoms in total. The zero-order valence-electron chi connectivity index (χ0n) is 12.0. The van der Waals surface area contributed by atoms with Crippen molar-refractivity contribution in [2.45, 2.75) is 26.3 Å². The predicted molar refractivity (Wildman–Crippen MR) is 74.4 cm³/mol. The van der Waals surface area contributed by atoms with Crippen molar-refractivity contribution < 1.29 is 4.79 Å². The van der Waals surface area contributed by atoms with Crippen LogP contribution in [0.1, 0.15) is 20.3 Å². The number of rotatable bonds is 6. The molecule has 1 atom stereocenters. The van der Waals surface area contributed by atoms with E-state index in [1.54, 1.807) is 0 Å². The molecule has 5 heteroatoms. The van der Waals surface area contributed by atoms with Crippen LogP contribution in [0.3, 0.4) is 0 Å². The Morgan fingerprint density at radius 3 is 2.78 bits per heavy atom. The first-order valence-electron chi connectivity index (χ1n) is 6.92. The SMILES string of the molecule is CC(C)CCNC(=O)CN1CCN(C)CC1CN. The molecule has 1 rings (SSSR count). The average molecular weight is 256 g/mol. The van der Waals surface area contributed by atoms with Crippen LogP contribution >= 0.6 is 0 Å². The molecule has 1 aliphatic rings. The van der Waals surface area contributed by atoms with Gasteiger partial charge in [0.1, 0.15) is 0 Å². The molecule has 0 aliphatic carbocycles. The van der Waals surface area contributed by atoms with Crippen molar-refractivity contribution in [2.24, 2.45) is 11.7 Å². The smallest absolute Gasteiger partial charge is 0.234 e. The van der Waals surface area contributed by atoms with E-state index in [0.29, 0.717) is 25.0 Å². The maximum Gasteiger partial charge on any atom is 0.234 e. The second-order valence-corrected chi connectivity index (χ2v) is 5.65. The number of carbonyl (C=O) groups is 1. The van der Waals surface area contributed by atoms with Gasteiger partial charge < -0.3 is 16.0 Å². The number of likely N-dealkylation sites (N-methyl/N-ethyl adjacent to an activating group) is 1. The highest BCUT2D eigenvalue weighted by molar-refractivity contribution is 5.78. The molecule has 0 aromatic rings. The Morgan fingerprint density at radius 1 is 1.44 bits per heavy atom. The fourth-order valence-corrected chi connectivity index (χ4v) is 2.22. The summed E-state index contributed by atoms with van der Waals surface area (Å²) in [5.74, 6) is 0.754. The van der Waals surface area contributed by atoms with E-state index in [1.165, 1.54) is 0 Å². The molecular weight excluding hydrogens is 228 g/mol. The highest BCUT2D eigenvalue weighted by Crippen LogP contribution is 2.06. The summed E-state index contributed by atoms with van der Waals surface area (Å²) in [4.78, 5) is 16.3. The molecule has 1 saturated heterocycles. The summed E-state index contributed by atoms with van der Waals surface area (Å²) < 4.78 is 0. The highest BCUT2D eigenvalue weighted by atomic mass is 16.2. The van der Waals surface area contributed by atoms with Gasteiger partial charge in [-0.05, 0) is 19.4 Å². The molecule has 1 aliphatic heterocycles. The van der Waals surface area contributed by atoms with Crippen molar-refractivity contribution in [3.8, 4) is 0 Å². The molecule has 1 heterocycles. The number of hydrogen-bond acceptors (Lipinski definition) is 4. The summed E-state index contributed by atoms with van der Waals surface area (Å²) in [7, 11) is 2.10. The highest BCUT2D eigenvalue weighted by Gasteiger charge is 2.25. The van der Waals surface area contributed by atoms with Gasteiger partial charge in [-0.3, -0.25) is 9.69 Å². The number of carbonyl (C=O) groups excluding carboxylic acids is 1. The molecule has 3 N–H and O–H groups in total. The zero-order valence-corrected chi connectivity index (χ0v) is 12.0. The number of piperazine rings is 1. The summed E-state index contributed by atoms with van der Waals surface area (Å²) in [6, 6.07) is 0.305.